The Labute approximate surface area is 135 Å². The maximum Gasteiger partial charge on any atom is 0.0596 e. The molecule has 2 heteroatoms. The molecule has 3 saturated carbocycles. The first-order valence-electron chi connectivity index (χ1n) is 9.51. The lowest BCUT2D eigenvalue weighted by Gasteiger charge is -2.60. The second-order valence-corrected chi connectivity index (χ2v) is 9.05. The fourth-order valence-electron chi connectivity index (χ4n) is 7.15. The molecular weight excluding hydrogens is 272 g/mol. The lowest BCUT2D eigenvalue weighted by molar-refractivity contribution is -0.108. The van der Waals surface area contributed by atoms with E-state index in [1.165, 1.54) is 38.5 Å². The van der Waals surface area contributed by atoms with Crippen LogP contribution in [0.1, 0.15) is 65.2 Å². The van der Waals surface area contributed by atoms with Crippen molar-refractivity contribution in [3.8, 4) is 0 Å². The number of hydrogen-bond donors (Lipinski definition) is 2. The summed E-state index contributed by atoms with van der Waals surface area (Å²) in [7, 11) is 0. The van der Waals surface area contributed by atoms with E-state index in [4.69, 9.17) is 0 Å². The Bertz CT molecular complexity index is 484. The summed E-state index contributed by atoms with van der Waals surface area (Å²) in [5, 5.41) is 20.9. The van der Waals surface area contributed by atoms with E-state index in [-0.39, 0.29) is 16.9 Å². The van der Waals surface area contributed by atoms with Gasteiger partial charge >= 0.3 is 0 Å². The predicted molar refractivity (Wildman–Crippen MR) is 88.3 cm³/mol. The third kappa shape index (κ3) is 1.80. The molecule has 0 aromatic rings. The van der Waals surface area contributed by atoms with E-state index in [9.17, 15) is 10.2 Å². The summed E-state index contributed by atoms with van der Waals surface area (Å²) >= 11 is 0. The zero-order valence-corrected chi connectivity index (χ0v) is 14.2. The van der Waals surface area contributed by atoms with Gasteiger partial charge in [-0.25, -0.2) is 0 Å². The number of aliphatic hydroxyl groups excluding tert-OH is 2. The summed E-state index contributed by atoms with van der Waals surface area (Å²) in [6, 6.07) is 0. The molecule has 0 aromatic heterocycles. The van der Waals surface area contributed by atoms with Crippen LogP contribution in [0.2, 0.25) is 0 Å². The van der Waals surface area contributed by atoms with Gasteiger partial charge in [0.25, 0.3) is 0 Å². The molecule has 3 fully saturated rings. The van der Waals surface area contributed by atoms with Crippen molar-refractivity contribution in [2.45, 2.75) is 71.3 Å². The van der Waals surface area contributed by atoms with Gasteiger partial charge in [-0.05, 0) is 80.5 Å². The first kappa shape index (κ1) is 15.2. The minimum Gasteiger partial charge on any atom is -0.395 e. The fraction of sp³-hybridized carbons (Fsp3) is 0.900. The second-order valence-electron chi connectivity index (χ2n) is 9.05. The number of allylic oxidation sites excluding steroid dienone is 1. The van der Waals surface area contributed by atoms with Crippen molar-refractivity contribution in [3.05, 3.63) is 11.6 Å². The lowest BCUT2D eigenvalue weighted by Crippen LogP contribution is -2.55. The standard InChI is InChI=1S/C20H32O2/c1-13-11-14-5-3-4-9-20(14,12-21)16-8-10-19(2)15(18(13)16)6-7-17(19)22/h5,13,15-18,21-22H,3-4,6-12H2,1-2H3/t13-,15+,16+,17+,18+,19+,20-/m1/s1. The second kappa shape index (κ2) is 5.08. The van der Waals surface area contributed by atoms with Crippen LogP contribution in [0.4, 0.5) is 0 Å². The summed E-state index contributed by atoms with van der Waals surface area (Å²) < 4.78 is 0. The van der Waals surface area contributed by atoms with E-state index >= 15 is 0 Å². The summed E-state index contributed by atoms with van der Waals surface area (Å²) in [4.78, 5) is 0. The van der Waals surface area contributed by atoms with E-state index < -0.39 is 0 Å². The molecule has 2 nitrogen and oxygen atoms in total. The summed E-state index contributed by atoms with van der Waals surface area (Å²) in [6.07, 6.45) is 11.7. The fourth-order valence-corrected chi connectivity index (χ4v) is 7.15. The van der Waals surface area contributed by atoms with Crippen molar-refractivity contribution in [3.63, 3.8) is 0 Å². The highest BCUT2D eigenvalue weighted by atomic mass is 16.3. The van der Waals surface area contributed by atoms with Gasteiger partial charge in [0.05, 0.1) is 12.7 Å². The van der Waals surface area contributed by atoms with Crippen LogP contribution in [0, 0.1) is 34.5 Å². The summed E-state index contributed by atoms with van der Waals surface area (Å²) in [5.41, 5.74) is 1.81. The highest BCUT2D eigenvalue weighted by Crippen LogP contribution is 2.66. The molecule has 22 heavy (non-hydrogen) atoms. The molecule has 4 rings (SSSR count). The molecular formula is C20H32O2. The molecule has 124 valence electrons. The van der Waals surface area contributed by atoms with Gasteiger partial charge in [0.2, 0.25) is 0 Å². The van der Waals surface area contributed by atoms with E-state index in [1.807, 2.05) is 0 Å². The van der Waals surface area contributed by atoms with Crippen LogP contribution in [-0.2, 0) is 0 Å². The van der Waals surface area contributed by atoms with Crippen LogP contribution in [-0.4, -0.2) is 22.9 Å². The number of rotatable bonds is 1. The Morgan fingerprint density at radius 3 is 2.77 bits per heavy atom. The molecule has 0 bridgehead atoms. The molecule has 0 aliphatic heterocycles. The topological polar surface area (TPSA) is 40.5 Å². The van der Waals surface area contributed by atoms with Crippen molar-refractivity contribution in [2.24, 2.45) is 34.5 Å². The maximum atomic E-state index is 10.6. The molecule has 0 heterocycles. The average Bonchev–Trinajstić information content (AvgIpc) is 2.83. The number of hydrogen-bond acceptors (Lipinski definition) is 2. The van der Waals surface area contributed by atoms with Gasteiger partial charge in [-0.15, -0.1) is 0 Å². The van der Waals surface area contributed by atoms with Crippen LogP contribution in [0.5, 0.6) is 0 Å². The molecule has 0 unspecified atom stereocenters. The van der Waals surface area contributed by atoms with Gasteiger partial charge in [0.1, 0.15) is 0 Å². The summed E-state index contributed by atoms with van der Waals surface area (Å²) in [6.45, 7) is 5.12. The smallest absolute Gasteiger partial charge is 0.0596 e. The van der Waals surface area contributed by atoms with Crippen molar-refractivity contribution < 1.29 is 10.2 Å². The zero-order chi connectivity index (χ0) is 15.5. The molecule has 4 aliphatic rings. The van der Waals surface area contributed by atoms with Crippen molar-refractivity contribution in [1.82, 2.24) is 0 Å². The Hall–Kier alpha value is -0.340. The monoisotopic (exact) mass is 304 g/mol. The normalized spacial score (nSPS) is 54.2. The molecule has 0 aromatic carbocycles. The van der Waals surface area contributed by atoms with Gasteiger partial charge in [-0.3, -0.25) is 0 Å². The SMILES string of the molecule is C[C@@H]1CC2=CCCC[C@]2(CO)[C@H]2CC[C@]3(C)[C@@H](O)CC[C@H]3[C@H]12. The van der Waals surface area contributed by atoms with Crippen molar-refractivity contribution in [2.75, 3.05) is 6.61 Å². The molecule has 0 amide bonds. The van der Waals surface area contributed by atoms with Gasteiger partial charge < -0.3 is 10.2 Å². The first-order chi connectivity index (χ1) is 10.5. The quantitative estimate of drug-likeness (QED) is 0.721. The van der Waals surface area contributed by atoms with Crippen LogP contribution >= 0.6 is 0 Å². The molecule has 0 radical (unpaired) electrons. The van der Waals surface area contributed by atoms with Crippen molar-refractivity contribution >= 4 is 0 Å². The molecule has 4 aliphatic carbocycles. The van der Waals surface area contributed by atoms with Crippen LogP contribution in [0.3, 0.4) is 0 Å². The van der Waals surface area contributed by atoms with Crippen LogP contribution in [0.15, 0.2) is 11.6 Å². The van der Waals surface area contributed by atoms with E-state index in [0.717, 1.165) is 12.8 Å². The largest absolute Gasteiger partial charge is 0.395 e. The third-order valence-corrected chi connectivity index (χ3v) is 8.33. The number of fused-ring (bicyclic) bond motifs is 5. The van der Waals surface area contributed by atoms with E-state index in [1.54, 1.807) is 5.57 Å². The zero-order valence-electron chi connectivity index (χ0n) is 14.2. The first-order valence-corrected chi connectivity index (χ1v) is 9.51. The highest BCUT2D eigenvalue weighted by Gasteiger charge is 2.61. The van der Waals surface area contributed by atoms with Gasteiger partial charge in [-0.1, -0.05) is 25.5 Å². The lowest BCUT2D eigenvalue weighted by atomic mass is 9.45. The molecule has 2 N–H and O–H groups in total. The van der Waals surface area contributed by atoms with Gasteiger partial charge in [0, 0.05) is 5.41 Å². The van der Waals surface area contributed by atoms with Crippen LogP contribution in [0.25, 0.3) is 0 Å². The molecule has 0 saturated heterocycles. The minimum atomic E-state index is -0.0981. The van der Waals surface area contributed by atoms with Gasteiger partial charge in [-0.2, -0.15) is 0 Å². The minimum absolute atomic E-state index is 0.0876. The van der Waals surface area contributed by atoms with Crippen LogP contribution < -0.4 is 0 Å². The summed E-state index contributed by atoms with van der Waals surface area (Å²) in [5.74, 6) is 2.74. The Kier molecular flexibility index (Phi) is 3.51. The Balaban J connectivity index is 1.75. The molecule has 7 atom stereocenters. The Morgan fingerprint density at radius 1 is 1.18 bits per heavy atom. The van der Waals surface area contributed by atoms with E-state index in [0.29, 0.717) is 30.3 Å². The average molecular weight is 304 g/mol. The molecule has 0 spiro atoms. The number of aliphatic hydroxyl groups is 2. The predicted octanol–water partition coefficient (Wildman–Crippen LogP) is 3.92. The third-order valence-electron chi connectivity index (χ3n) is 8.33. The maximum absolute atomic E-state index is 10.6. The Morgan fingerprint density at radius 2 is 2.00 bits per heavy atom. The van der Waals surface area contributed by atoms with Crippen molar-refractivity contribution in [1.29, 1.82) is 0 Å². The van der Waals surface area contributed by atoms with Gasteiger partial charge in [0.15, 0.2) is 0 Å². The van der Waals surface area contributed by atoms with E-state index in [2.05, 4.69) is 19.9 Å². The highest BCUT2D eigenvalue weighted by molar-refractivity contribution is 5.26.